The van der Waals surface area contributed by atoms with Gasteiger partial charge in [-0.1, -0.05) is 0 Å². The molecule has 0 unspecified atom stereocenters. The fourth-order valence-corrected chi connectivity index (χ4v) is 1.39. The number of urea groups is 1. The number of hydrogen-bond acceptors (Lipinski definition) is 2. The Hall–Kier alpha value is -1.10. The Morgan fingerprint density at radius 1 is 1.60 bits per heavy atom. The Morgan fingerprint density at radius 2 is 2.33 bits per heavy atom. The molecule has 0 radical (unpaired) electrons. The summed E-state index contributed by atoms with van der Waals surface area (Å²) in [6.45, 7) is 1.95. The van der Waals surface area contributed by atoms with Crippen LogP contribution in [0.5, 0.6) is 0 Å². The van der Waals surface area contributed by atoms with Crippen molar-refractivity contribution in [2.75, 3.05) is 5.32 Å². The predicted molar refractivity (Wildman–Crippen MR) is 61.9 cm³/mol. The largest absolute Gasteiger partial charge is 0.335 e. The van der Waals surface area contributed by atoms with Crippen molar-refractivity contribution in [2.45, 2.75) is 25.8 Å². The molecule has 15 heavy (non-hydrogen) atoms. The number of nitrogens with one attached hydrogen (secondary N) is 2. The Balaban J connectivity index is 1.97. The molecule has 1 saturated carbocycles. The molecule has 1 fully saturated rings. The zero-order chi connectivity index (χ0) is 10.8. The molecule has 1 heterocycles. The number of anilines is 1. The minimum atomic E-state index is -0.174. The van der Waals surface area contributed by atoms with Gasteiger partial charge in [-0.25, -0.2) is 9.78 Å². The van der Waals surface area contributed by atoms with E-state index < -0.39 is 0 Å². The molecule has 0 aromatic carbocycles. The van der Waals surface area contributed by atoms with Gasteiger partial charge in [0.05, 0.1) is 0 Å². The highest BCUT2D eigenvalue weighted by atomic mass is 79.9. The van der Waals surface area contributed by atoms with Crippen LogP contribution in [-0.4, -0.2) is 17.1 Å². The van der Waals surface area contributed by atoms with Gasteiger partial charge < -0.3 is 5.32 Å². The lowest BCUT2D eigenvalue weighted by atomic mass is 10.3. The van der Waals surface area contributed by atoms with Crippen LogP contribution in [0.3, 0.4) is 0 Å². The second-order valence-corrected chi connectivity index (χ2v) is 4.55. The van der Waals surface area contributed by atoms with Gasteiger partial charge in [-0.15, -0.1) is 0 Å². The second-order valence-electron chi connectivity index (χ2n) is 3.69. The van der Waals surface area contributed by atoms with Crippen molar-refractivity contribution in [3.8, 4) is 0 Å². The minimum absolute atomic E-state index is 0.174. The van der Waals surface area contributed by atoms with E-state index in [2.05, 4.69) is 31.5 Å². The summed E-state index contributed by atoms with van der Waals surface area (Å²) in [5.41, 5.74) is 1.05. The monoisotopic (exact) mass is 269 g/mol. The van der Waals surface area contributed by atoms with E-state index in [1.54, 1.807) is 6.20 Å². The third-order valence-corrected chi connectivity index (χ3v) is 3.03. The van der Waals surface area contributed by atoms with E-state index in [9.17, 15) is 4.79 Å². The quantitative estimate of drug-likeness (QED) is 0.867. The Bertz CT molecular complexity index is 390. The Labute approximate surface area is 96.6 Å². The van der Waals surface area contributed by atoms with E-state index >= 15 is 0 Å². The van der Waals surface area contributed by atoms with Gasteiger partial charge in [0.1, 0.15) is 5.82 Å². The summed E-state index contributed by atoms with van der Waals surface area (Å²) < 4.78 is 0.940. The van der Waals surface area contributed by atoms with Gasteiger partial charge in [0.2, 0.25) is 0 Å². The van der Waals surface area contributed by atoms with Gasteiger partial charge in [0.25, 0.3) is 0 Å². The lowest BCUT2D eigenvalue weighted by Crippen LogP contribution is -2.30. The third kappa shape index (κ3) is 2.92. The molecule has 4 nitrogen and oxygen atoms in total. The highest BCUT2D eigenvalue weighted by Gasteiger charge is 2.23. The third-order valence-electron chi connectivity index (χ3n) is 2.20. The van der Waals surface area contributed by atoms with Crippen LogP contribution in [0.4, 0.5) is 10.6 Å². The van der Waals surface area contributed by atoms with E-state index in [-0.39, 0.29) is 6.03 Å². The predicted octanol–water partition coefficient (Wildman–Crippen LogP) is 2.44. The molecule has 0 saturated heterocycles. The van der Waals surface area contributed by atoms with Crippen molar-refractivity contribution in [1.29, 1.82) is 0 Å². The molecule has 2 amide bonds. The lowest BCUT2D eigenvalue weighted by molar-refractivity contribution is 0.251. The number of pyridine rings is 1. The molecule has 5 heteroatoms. The molecular formula is C10H12BrN3O. The first-order valence-electron chi connectivity index (χ1n) is 4.85. The Morgan fingerprint density at radius 3 is 2.93 bits per heavy atom. The van der Waals surface area contributed by atoms with Crippen LogP contribution in [0.15, 0.2) is 16.7 Å². The topological polar surface area (TPSA) is 54.0 Å². The van der Waals surface area contributed by atoms with Crippen molar-refractivity contribution in [3.05, 3.63) is 22.3 Å². The first-order valence-corrected chi connectivity index (χ1v) is 5.64. The first-order chi connectivity index (χ1) is 7.15. The number of aryl methyl sites for hydroxylation is 1. The number of amides is 2. The number of rotatable bonds is 2. The van der Waals surface area contributed by atoms with Crippen LogP contribution < -0.4 is 10.6 Å². The fourth-order valence-electron chi connectivity index (χ4n) is 1.17. The highest BCUT2D eigenvalue weighted by Crippen LogP contribution is 2.19. The fraction of sp³-hybridized carbons (Fsp3) is 0.400. The van der Waals surface area contributed by atoms with Crippen molar-refractivity contribution < 1.29 is 4.79 Å². The van der Waals surface area contributed by atoms with E-state index in [4.69, 9.17) is 0 Å². The van der Waals surface area contributed by atoms with Crippen LogP contribution in [0.1, 0.15) is 18.4 Å². The SMILES string of the molecule is Cc1cc(NC(=O)NC2CC2)ncc1Br. The minimum Gasteiger partial charge on any atom is -0.335 e. The lowest BCUT2D eigenvalue weighted by Gasteiger charge is -2.06. The Kier molecular flexibility index (Phi) is 2.90. The summed E-state index contributed by atoms with van der Waals surface area (Å²) in [4.78, 5) is 15.5. The zero-order valence-electron chi connectivity index (χ0n) is 8.38. The standard InChI is InChI=1S/C10H12BrN3O/c1-6-4-9(12-5-8(6)11)14-10(15)13-7-2-3-7/h4-5,7H,2-3H2,1H3,(H2,12,13,14,15). The summed E-state index contributed by atoms with van der Waals surface area (Å²) in [6, 6.07) is 2.02. The summed E-state index contributed by atoms with van der Waals surface area (Å²) in [5.74, 6) is 0.578. The molecule has 1 aliphatic carbocycles. The van der Waals surface area contributed by atoms with E-state index in [0.29, 0.717) is 11.9 Å². The van der Waals surface area contributed by atoms with Gasteiger partial charge in [-0.3, -0.25) is 5.32 Å². The number of hydrogen-bond donors (Lipinski definition) is 2. The number of halogens is 1. The van der Waals surface area contributed by atoms with Crippen LogP contribution in [0.2, 0.25) is 0 Å². The van der Waals surface area contributed by atoms with Crippen LogP contribution in [-0.2, 0) is 0 Å². The maximum absolute atomic E-state index is 11.4. The molecular weight excluding hydrogens is 258 g/mol. The molecule has 0 bridgehead atoms. The van der Waals surface area contributed by atoms with Crippen LogP contribution in [0.25, 0.3) is 0 Å². The summed E-state index contributed by atoms with van der Waals surface area (Å²) in [6.07, 6.45) is 3.85. The number of carbonyl (C=O) groups excluding carboxylic acids is 1. The number of nitrogens with zero attached hydrogens (tertiary/aromatic N) is 1. The maximum Gasteiger partial charge on any atom is 0.320 e. The average Bonchev–Trinajstić information content (AvgIpc) is 2.95. The van der Waals surface area contributed by atoms with Crippen molar-refractivity contribution in [3.63, 3.8) is 0 Å². The van der Waals surface area contributed by atoms with Crippen molar-refractivity contribution >= 4 is 27.8 Å². The molecule has 2 rings (SSSR count). The van der Waals surface area contributed by atoms with Gasteiger partial charge in [-0.05, 0) is 47.3 Å². The van der Waals surface area contributed by atoms with Gasteiger partial charge in [-0.2, -0.15) is 0 Å². The first kappa shape index (κ1) is 10.4. The average molecular weight is 270 g/mol. The molecule has 0 atom stereocenters. The summed E-state index contributed by atoms with van der Waals surface area (Å²) >= 11 is 3.36. The summed E-state index contributed by atoms with van der Waals surface area (Å²) in [7, 11) is 0. The molecule has 80 valence electrons. The zero-order valence-corrected chi connectivity index (χ0v) is 9.97. The van der Waals surface area contributed by atoms with E-state index in [1.807, 2.05) is 13.0 Å². The highest BCUT2D eigenvalue weighted by molar-refractivity contribution is 9.10. The molecule has 0 aliphatic heterocycles. The van der Waals surface area contributed by atoms with Gasteiger partial charge >= 0.3 is 6.03 Å². The second kappa shape index (κ2) is 4.18. The molecule has 1 aromatic rings. The van der Waals surface area contributed by atoms with Crippen LogP contribution in [0, 0.1) is 6.92 Å². The van der Waals surface area contributed by atoms with E-state index in [1.165, 1.54) is 0 Å². The smallest absolute Gasteiger partial charge is 0.320 e. The molecule has 1 aromatic heterocycles. The van der Waals surface area contributed by atoms with Crippen molar-refractivity contribution in [1.82, 2.24) is 10.3 Å². The normalized spacial score (nSPS) is 14.8. The van der Waals surface area contributed by atoms with E-state index in [0.717, 1.165) is 22.9 Å². The summed E-state index contributed by atoms with van der Waals surface area (Å²) in [5, 5.41) is 5.53. The molecule has 0 spiro atoms. The molecule has 1 aliphatic rings. The van der Waals surface area contributed by atoms with Gasteiger partial charge in [0.15, 0.2) is 0 Å². The van der Waals surface area contributed by atoms with Crippen molar-refractivity contribution in [2.24, 2.45) is 0 Å². The maximum atomic E-state index is 11.4. The van der Waals surface area contributed by atoms with Gasteiger partial charge in [0, 0.05) is 16.7 Å². The number of carbonyl (C=O) groups is 1. The number of aromatic nitrogens is 1. The van der Waals surface area contributed by atoms with Crippen LogP contribution >= 0.6 is 15.9 Å². The molecule has 2 N–H and O–H groups in total.